The highest BCUT2D eigenvalue weighted by Crippen LogP contribution is 2.22. The molecular formula is C19H24ClN3O5S2. The first-order valence-electron chi connectivity index (χ1n) is 9.15. The maximum atomic E-state index is 12.1. The number of benzene rings is 1. The van der Waals surface area contributed by atoms with E-state index in [1.54, 1.807) is 30.3 Å². The molecule has 164 valence electrons. The Morgan fingerprint density at radius 2 is 1.93 bits per heavy atom. The van der Waals surface area contributed by atoms with Crippen molar-refractivity contribution in [1.29, 1.82) is 0 Å². The summed E-state index contributed by atoms with van der Waals surface area (Å²) in [6.07, 6.45) is 2.25. The van der Waals surface area contributed by atoms with Gasteiger partial charge in [0.2, 0.25) is 15.9 Å². The van der Waals surface area contributed by atoms with Crippen molar-refractivity contribution in [3.63, 3.8) is 0 Å². The molecule has 0 spiro atoms. The van der Waals surface area contributed by atoms with Crippen LogP contribution in [0.3, 0.4) is 0 Å². The van der Waals surface area contributed by atoms with Gasteiger partial charge in [0.1, 0.15) is 5.75 Å². The molecule has 0 bridgehead atoms. The zero-order valence-electron chi connectivity index (χ0n) is 16.7. The number of halogens is 1. The van der Waals surface area contributed by atoms with Crippen molar-refractivity contribution in [1.82, 2.24) is 15.6 Å². The number of hydrazine groups is 1. The van der Waals surface area contributed by atoms with Gasteiger partial charge in [0, 0.05) is 22.9 Å². The number of carbonyl (C=O) groups excluding carboxylic acids is 2. The van der Waals surface area contributed by atoms with Crippen LogP contribution in [-0.2, 0) is 21.2 Å². The standard InChI is InChI=1S/C19H24ClN3O5S2/c1-13-12-14(20)5-7-16(13)28-11-3-4-18(24)22-23-19(25)17-8-6-15(29-17)9-10-21-30(2,26)27/h5-8,12,21H,3-4,9-11H2,1-2H3,(H,22,24)(H,23,25). The van der Waals surface area contributed by atoms with Crippen molar-refractivity contribution in [2.24, 2.45) is 0 Å². The summed E-state index contributed by atoms with van der Waals surface area (Å²) in [5, 5.41) is 0.637. The van der Waals surface area contributed by atoms with Gasteiger partial charge < -0.3 is 4.74 Å². The first-order valence-corrected chi connectivity index (χ1v) is 12.2. The van der Waals surface area contributed by atoms with E-state index >= 15 is 0 Å². The van der Waals surface area contributed by atoms with Gasteiger partial charge in [0.05, 0.1) is 17.7 Å². The van der Waals surface area contributed by atoms with Crippen LogP contribution < -0.4 is 20.3 Å². The minimum atomic E-state index is -3.24. The van der Waals surface area contributed by atoms with Gasteiger partial charge in [-0.3, -0.25) is 20.4 Å². The van der Waals surface area contributed by atoms with Crippen LogP contribution in [0.2, 0.25) is 5.02 Å². The third-order valence-corrected chi connectivity index (χ3v) is 5.99. The summed E-state index contributed by atoms with van der Waals surface area (Å²) in [7, 11) is -3.24. The molecule has 30 heavy (non-hydrogen) atoms. The first kappa shape index (κ1) is 24.1. The fourth-order valence-corrected chi connectivity index (χ4v) is 4.04. The second-order valence-corrected chi connectivity index (χ2v) is 9.98. The third kappa shape index (κ3) is 8.70. The van der Waals surface area contributed by atoms with Gasteiger partial charge in [-0.15, -0.1) is 11.3 Å². The largest absolute Gasteiger partial charge is 0.493 e. The maximum absolute atomic E-state index is 12.1. The maximum Gasteiger partial charge on any atom is 0.279 e. The zero-order valence-corrected chi connectivity index (χ0v) is 19.0. The Labute approximate surface area is 185 Å². The molecule has 2 amide bonds. The third-order valence-electron chi connectivity index (χ3n) is 3.88. The lowest BCUT2D eigenvalue weighted by atomic mass is 10.2. The quantitative estimate of drug-likeness (QED) is 0.362. The summed E-state index contributed by atoms with van der Waals surface area (Å²) in [6, 6.07) is 8.71. The average Bonchev–Trinajstić information content (AvgIpc) is 3.12. The molecule has 1 aromatic heterocycles. The Kier molecular flexibility index (Phi) is 9.09. The van der Waals surface area contributed by atoms with Gasteiger partial charge >= 0.3 is 0 Å². The van der Waals surface area contributed by atoms with E-state index in [0.29, 0.717) is 35.1 Å². The molecule has 0 fully saturated rings. The van der Waals surface area contributed by atoms with Gasteiger partial charge in [-0.2, -0.15) is 0 Å². The Morgan fingerprint density at radius 1 is 1.17 bits per heavy atom. The van der Waals surface area contributed by atoms with E-state index < -0.39 is 15.9 Å². The second-order valence-electron chi connectivity index (χ2n) is 6.55. The van der Waals surface area contributed by atoms with Crippen LogP contribution in [0.5, 0.6) is 5.75 Å². The summed E-state index contributed by atoms with van der Waals surface area (Å²) in [6.45, 7) is 2.51. The van der Waals surface area contributed by atoms with E-state index in [1.807, 2.05) is 6.92 Å². The molecule has 0 saturated carbocycles. The fraction of sp³-hybridized carbons (Fsp3) is 0.368. The van der Waals surface area contributed by atoms with E-state index in [1.165, 1.54) is 11.3 Å². The molecule has 0 saturated heterocycles. The van der Waals surface area contributed by atoms with Crippen LogP contribution in [-0.4, -0.2) is 39.6 Å². The molecule has 0 unspecified atom stereocenters. The number of thiophene rings is 1. The number of ether oxygens (including phenoxy) is 1. The molecule has 8 nitrogen and oxygen atoms in total. The van der Waals surface area contributed by atoms with Gasteiger partial charge in [-0.25, -0.2) is 13.1 Å². The number of hydrogen-bond donors (Lipinski definition) is 3. The normalized spacial score (nSPS) is 11.2. The summed E-state index contributed by atoms with van der Waals surface area (Å²) in [4.78, 5) is 25.3. The van der Waals surface area contributed by atoms with Gasteiger partial charge in [-0.05, 0) is 55.7 Å². The van der Waals surface area contributed by atoms with Crippen molar-refractivity contribution in [3.8, 4) is 5.75 Å². The summed E-state index contributed by atoms with van der Waals surface area (Å²) < 4.78 is 30.1. The summed E-state index contributed by atoms with van der Waals surface area (Å²) in [5.74, 6) is -0.0361. The van der Waals surface area contributed by atoms with Crippen molar-refractivity contribution in [2.45, 2.75) is 26.2 Å². The number of sulfonamides is 1. The topological polar surface area (TPSA) is 114 Å². The molecule has 0 atom stereocenters. The number of hydrogen-bond acceptors (Lipinski definition) is 6. The van der Waals surface area contributed by atoms with Crippen molar-refractivity contribution >= 4 is 44.8 Å². The second kappa shape index (κ2) is 11.3. The van der Waals surface area contributed by atoms with Crippen LogP contribution in [0.1, 0.15) is 33.0 Å². The van der Waals surface area contributed by atoms with E-state index in [0.717, 1.165) is 16.7 Å². The molecule has 2 aromatic rings. The molecule has 11 heteroatoms. The van der Waals surface area contributed by atoms with Crippen LogP contribution in [0.25, 0.3) is 0 Å². The van der Waals surface area contributed by atoms with Crippen LogP contribution >= 0.6 is 22.9 Å². The predicted molar refractivity (Wildman–Crippen MR) is 117 cm³/mol. The van der Waals surface area contributed by atoms with E-state index in [2.05, 4.69) is 15.6 Å². The van der Waals surface area contributed by atoms with Gasteiger partial charge in [-0.1, -0.05) is 11.6 Å². The predicted octanol–water partition coefficient (Wildman–Crippen LogP) is 2.42. The molecule has 0 radical (unpaired) electrons. The molecule has 0 aliphatic carbocycles. The van der Waals surface area contributed by atoms with Gasteiger partial charge in [0.25, 0.3) is 5.91 Å². The SMILES string of the molecule is Cc1cc(Cl)ccc1OCCCC(=O)NNC(=O)c1ccc(CCNS(C)(=O)=O)s1. The Balaban J connectivity index is 1.66. The minimum absolute atomic E-state index is 0.194. The molecule has 1 aromatic carbocycles. The van der Waals surface area contributed by atoms with E-state index in [9.17, 15) is 18.0 Å². The fourth-order valence-electron chi connectivity index (χ4n) is 2.43. The highest BCUT2D eigenvalue weighted by molar-refractivity contribution is 7.88. The van der Waals surface area contributed by atoms with Crippen molar-refractivity contribution < 1.29 is 22.7 Å². The summed E-state index contributed by atoms with van der Waals surface area (Å²) >= 11 is 7.13. The Morgan fingerprint density at radius 3 is 2.63 bits per heavy atom. The Hall–Kier alpha value is -2.14. The average molecular weight is 474 g/mol. The first-order chi connectivity index (χ1) is 14.1. The number of nitrogens with one attached hydrogen (secondary N) is 3. The molecule has 1 heterocycles. The zero-order chi connectivity index (χ0) is 22.1. The number of rotatable bonds is 10. The molecular weight excluding hydrogens is 450 g/mol. The van der Waals surface area contributed by atoms with Crippen molar-refractivity contribution in [2.75, 3.05) is 19.4 Å². The lowest BCUT2D eigenvalue weighted by Gasteiger charge is -2.09. The van der Waals surface area contributed by atoms with E-state index in [-0.39, 0.29) is 18.9 Å². The molecule has 0 aliphatic heterocycles. The monoisotopic (exact) mass is 473 g/mol. The number of aryl methyl sites for hydroxylation is 1. The lowest BCUT2D eigenvalue weighted by molar-refractivity contribution is -0.122. The van der Waals surface area contributed by atoms with Crippen molar-refractivity contribution in [3.05, 3.63) is 50.7 Å². The van der Waals surface area contributed by atoms with Crippen LogP contribution in [0.15, 0.2) is 30.3 Å². The smallest absolute Gasteiger partial charge is 0.279 e. The number of carbonyl (C=O) groups is 2. The lowest BCUT2D eigenvalue weighted by Crippen LogP contribution is -2.41. The highest BCUT2D eigenvalue weighted by atomic mass is 35.5. The highest BCUT2D eigenvalue weighted by Gasteiger charge is 2.11. The van der Waals surface area contributed by atoms with Crippen LogP contribution in [0.4, 0.5) is 0 Å². The molecule has 0 aliphatic rings. The summed E-state index contributed by atoms with van der Waals surface area (Å²) in [5.41, 5.74) is 5.66. The van der Waals surface area contributed by atoms with Gasteiger partial charge in [0.15, 0.2) is 0 Å². The van der Waals surface area contributed by atoms with E-state index in [4.69, 9.17) is 16.3 Å². The molecule has 2 rings (SSSR count). The Bertz CT molecular complexity index is 992. The minimum Gasteiger partial charge on any atom is -0.493 e. The molecule has 3 N–H and O–H groups in total. The van der Waals surface area contributed by atoms with Crippen LogP contribution in [0, 0.1) is 6.92 Å². The number of amides is 2.